The summed E-state index contributed by atoms with van der Waals surface area (Å²) >= 11 is 1.56. The van der Waals surface area contributed by atoms with Crippen molar-refractivity contribution in [3.8, 4) is 0 Å². The number of nitrogens with zero attached hydrogens (tertiary/aromatic N) is 2. The summed E-state index contributed by atoms with van der Waals surface area (Å²) in [7, 11) is 0. The van der Waals surface area contributed by atoms with Gasteiger partial charge in [-0.25, -0.2) is 4.98 Å². The summed E-state index contributed by atoms with van der Waals surface area (Å²) in [5, 5.41) is 4.22. The van der Waals surface area contributed by atoms with Crippen molar-refractivity contribution in [2.24, 2.45) is 5.92 Å². The van der Waals surface area contributed by atoms with Gasteiger partial charge in [0.25, 0.3) is 5.56 Å². The van der Waals surface area contributed by atoms with E-state index in [9.17, 15) is 18.0 Å². The van der Waals surface area contributed by atoms with Crippen molar-refractivity contribution in [3.63, 3.8) is 0 Å². The smallest absolute Gasteiger partial charge is 0.313 e. The van der Waals surface area contributed by atoms with E-state index in [4.69, 9.17) is 0 Å². The Morgan fingerprint density at radius 2 is 2.13 bits per heavy atom. The van der Waals surface area contributed by atoms with Crippen LogP contribution >= 0.6 is 11.3 Å². The molecule has 0 bridgehead atoms. The summed E-state index contributed by atoms with van der Waals surface area (Å²) in [5.41, 5.74) is 0.599. The second-order valence-corrected chi connectivity index (χ2v) is 9.39. The lowest BCUT2D eigenvalue weighted by atomic mass is 9.93. The van der Waals surface area contributed by atoms with Crippen LogP contribution in [0.25, 0.3) is 10.2 Å². The molecule has 1 aliphatic rings. The fourth-order valence-corrected chi connectivity index (χ4v) is 5.19. The number of benzene rings is 1. The zero-order chi connectivity index (χ0) is 21.5. The fraction of sp³-hybridized carbons (Fsp3) is 0.455. The molecule has 4 nitrogen and oxygen atoms in total. The third-order valence-electron chi connectivity index (χ3n) is 5.46. The lowest BCUT2D eigenvalue weighted by molar-refractivity contribution is -0.137. The van der Waals surface area contributed by atoms with Crippen LogP contribution in [0.4, 0.5) is 13.2 Å². The Bertz CT molecular complexity index is 1120. The molecule has 1 aromatic carbocycles. The van der Waals surface area contributed by atoms with Gasteiger partial charge in [0.2, 0.25) is 0 Å². The first-order chi connectivity index (χ1) is 14.2. The van der Waals surface area contributed by atoms with Crippen LogP contribution in [-0.4, -0.2) is 22.1 Å². The molecule has 0 amide bonds. The van der Waals surface area contributed by atoms with Crippen LogP contribution in [-0.2, 0) is 25.6 Å². The van der Waals surface area contributed by atoms with Crippen molar-refractivity contribution < 1.29 is 13.2 Å². The van der Waals surface area contributed by atoms with Gasteiger partial charge in [-0.2, -0.15) is 13.2 Å². The number of nitrogens with one attached hydrogen (secondary N) is 1. The van der Waals surface area contributed by atoms with Gasteiger partial charge in [-0.3, -0.25) is 9.36 Å². The molecule has 2 aromatic heterocycles. The van der Waals surface area contributed by atoms with Crippen molar-refractivity contribution >= 4 is 21.6 Å². The predicted octanol–water partition coefficient (Wildman–Crippen LogP) is 4.63. The number of halogens is 3. The van der Waals surface area contributed by atoms with E-state index in [-0.39, 0.29) is 12.1 Å². The SMILES string of the molecule is CC(C)CN[C@@H]1CCc2c(sc3ncn(Cc4cccc(C(F)(F)F)c4)c(=O)c23)C1. The van der Waals surface area contributed by atoms with Crippen molar-refractivity contribution in [1.82, 2.24) is 14.9 Å². The maximum absolute atomic E-state index is 13.1. The average molecular weight is 436 g/mol. The van der Waals surface area contributed by atoms with Gasteiger partial charge in [-0.15, -0.1) is 11.3 Å². The number of hydrogen-bond donors (Lipinski definition) is 1. The number of rotatable bonds is 5. The summed E-state index contributed by atoms with van der Waals surface area (Å²) in [6.45, 7) is 5.39. The van der Waals surface area contributed by atoms with E-state index in [0.717, 1.165) is 48.3 Å². The number of alkyl halides is 3. The summed E-state index contributed by atoms with van der Waals surface area (Å²) in [4.78, 5) is 19.5. The zero-order valence-electron chi connectivity index (χ0n) is 16.9. The fourth-order valence-electron chi connectivity index (χ4n) is 3.93. The van der Waals surface area contributed by atoms with E-state index in [1.807, 2.05) is 0 Å². The standard InChI is InChI=1S/C22H24F3N3OS/c1-13(2)10-26-16-6-7-17-18(9-16)30-20-19(17)21(29)28(12-27-20)11-14-4-3-5-15(8-14)22(23,24)25/h3-5,8,12-13,16,26H,6-7,9-11H2,1-2H3/t16-/m1/s1. The zero-order valence-corrected chi connectivity index (χ0v) is 17.7. The second kappa shape index (κ2) is 8.15. The number of aromatic nitrogens is 2. The van der Waals surface area contributed by atoms with Gasteiger partial charge >= 0.3 is 6.18 Å². The van der Waals surface area contributed by atoms with Gasteiger partial charge in [0.1, 0.15) is 4.83 Å². The van der Waals surface area contributed by atoms with Gasteiger partial charge in [0, 0.05) is 10.9 Å². The lowest BCUT2D eigenvalue weighted by Gasteiger charge is -2.24. The number of thiophene rings is 1. The summed E-state index contributed by atoms with van der Waals surface area (Å²) < 4.78 is 40.4. The first kappa shape index (κ1) is 21.1. The number of hydrogen-bond acceptors (Lipinski definition) is 4. The molecule has 8 heteroatoms. The van der Waals surface area contributed by atoms with E-state index in [1.165, 1.54) is 21.8 Å². The highest BCUT2D eigenvalue weighted by molar-refractivity contribution is 7.18. The molecule has 0 aliphatic heterocycles. The van der Waals surface area contributed by atoms with Gasteiger partial charge < -0.3 is 5.32 Å². The highest BCUT2D eigenvalue weighted by Crippen LogP contribution is 2.34. The lowest BCUT2D eigenvalue weighted by Crippen LogP contribution is -2.36. The first-order valence-corrected chi connectivity index (χ1v) is 10.9. The maximum Gasteiger partial charge on any atom is 0.416 e. The van der Waals surface area contributed by atoms with E-state index < -0.39 is 11.7 Å². The van der Waals surface area contributed by atoms with E-state index >= 15 is 0 Å². The van der Waals surface area contributed by atoms with Crippen LogP contribution in [0, 0.1) is 5.92 Å². The number of fused-ring (bicyclic) bond motifs is 3. The molecule has 3 aromatic rings. The highest BCUT2D eigenvalue weighted by Gasteiger charge is 2.30. The Kier molecular flexibility index (Phi) is 5.72. The second-order valence-electron chi connectivity index (χ2n) is 8.30. The van der Waals surface area contributed by atoms with Crippen molar-refractivity contribution in [2.45, 2.75) is 51.9 Å². The Morgan fingerprint density at radius 3 is 2.87 bits per heavy atom. The van der Waals surface area contributed by atoms with E-state index in [1.54, 1.807) is 17.4 Å². The average Bonchev–Trinajstić information content (AvgIpc) is 3.06. The van der Waals surface area contributed by atoms with Crippen LogP contribution in [0.3, 0.4) is 0 Å². The predicted molar refractivity (Wildman–Crippen MR) is 113 cm³/mol. The van der Waals surface area contributed by atoms with Crippen LogP contribution in [0.1, 0.15) is 41.8 Å². The molecule has 160 valence electrons. The molecule has 2 heterocycles. The quantitative estimate of drug-likeness (QED) is 0.636. The molecule has 0 unspecified atom stereocenters. The van der Waals surface area contributed by atoms with E-state index in [0.29, 0.717) is 22.9 Å². The minimum Gasteiger partial charge on any atom is -0.313 e. The van der Waals surface area contributed by atoms with E-state index in [2.05, 4.69) is 24.1 Å². The Labute approximate surface area is 176 Å². The molecular formula is C22H24F3N3OS. The molecule has 1 aliphatic carbocycles. The summed E-state index contributed by atoms with van der Waals surface area (Å²) in [6, 6.07) is 5.49. The Hall–Kier alpha value is -2.19. The van der Waals surface area contributed by atoms with Crippen LogP contribution in [0.2, 0.25) is 0 Å². The molecule has 0 spiro atoms. The third kappa shape index (κ3) is 4.30. The largest absolute Gasteiger partial charge is 0.416 e. The summed E-state index contributed by atoms with van der Waals surface area (Å²) in [6.07, 6.45) is -0.295. The van der Waals surface area contributed by atoms with Crippen LogP contribution in [0.5, 0.6) is 0 Å². The molecule has 1 atom stereocenters. The number of aryl methyl sites for hydroxylation is 1. The Balaban J connectivity index is 1.62. The molecule has 0 saturated heterocycles. The van der Waals surface area contributed by atoms with Gasteiger partial charge in [-0.1, -0.05) is 26.0 Å². The molecule has 0 radical (unpaired) electrons. The molecule has 30 heavy (non-hydrogen) atoms. The van der Waals surface area contributed by atoms with Crippen molar-refractivity contribution in [1.29, 1.82) is 0 Å². The molecular weight excluding hydrogens is 411 g/mol. The van der Waals surface area contributed by atoms with Crippen LogP contribution in [0.15, 0.2) is 35.4 Å². The van der Waals surface area contributed by atoms with Gasteiger partial charge in [0.15, 0.2) is 0 Å². The normalized spacial score (nSPS) is 16.9. The highest BCUT2D eigenvalue weighted by atomic mass is 32.1. The van der Waals surface area contributed by atoms with Crippen molar-refractivity contribution in [2.75, 3.05) is 6.54 Å². The molecule has 1 N–H and O–H groups in total. The molecule has 4 rings (SSSR count). The topological polar surface area (TPSA) is 46.9 Å². The van der Waals surface area contributed by atoms with Gasteiger partial charge in [0.05, 0.1) is 23.8 Å². The van der Waals surface area contributed by atoms with Gasteiger partial charge in [-0.05, 0) is 55.0 Å². The minimum absolute atomic E-state index is 0.0644. The monoisotopic (exact) mass is 435 g/mol. The summed E-state index contributed by atoms with van der Waals surface area (Å²) in [5.74, 6) is 0.582. The molecule has 0 saturated carbocycles. The maximum atomic E-state index is 13.1. The minimum atomic E-state index is -4.41. The Morgan fingerprint density at radius 1 is 1.33 bits per heavy atom. The van der Waals surface area contributed by atoms with Crippen LogP contribution < -0.4 is 10.9 Å². The van der Waals surface area contributed by atoms with Crippen molar-refractivity contribution in [3.05, 3.63) is 62.5 Å². The first-order valence-electron chi connectivity index (χ1n) is 10.1. The molecule has 0 fully saturated rings. The third-order valence-corrected chi connectivity index (χ3v) is 6.62.